The van der Waals surface area contributed by atoms with Crippen molar-refractivity contribution in [2.24, 2.45) is 0 Å². The first-order valence-electron chi connectivity index (χ1n) is 9.51. The van der Waals surface area contributed by atoms with Gasteiger partial charge in [0.1, 0.15) is 11.4 Å². The lowest BCUT2D eigenvalue weighted by molar-refractivity contribution is -0.123. The van der Waals surface area contributed by atoms with Crippen molar-refractivity contribution < 1.29 is 19.1 Å². The Hall–Kier alpha value is -3.68. The fraction of sp³-hybridized carbons (Fsp3) is 0.273. The molecule has 156 valence electrons. The lowest BCUT2D eigenvalue weighted by atomic mass is 10.2. The molecule has 3 aromatic rings. The third-order valence-electron chi connectivity index (χ3n) is 4.68. The molecule has 1 aromatic heterocycles. The number of benzene rings is 2. The summed E-state index contributed by atoms with van der Waals surface area (Å²) in [4.78, 5) is 41.5. The number of nitrogens with zero attached hydrogens (tertiary/aromatic N) is 2. The number of amides is 1. The lowest BCUT2D eigenvalue weighted by Crippen LogP contribution is -2.30. The molecule has 0 aliphatic rings. The molecule has 0 radical (unpaired) electrons. The molecule has 0 saturated carbocycles. The van der Waals surface area contributed by atoms with Crippen molar-refractivity contribution in [1.82, 2.24) is 9.55 Å². The third kappa shape index (κ3) is 4.17. The van der Waals surface area contributed by atoms with E-state index in [0.717, 1.165) is 0 Å². The van der Waals surface area contributed by atoms with Crippen LogP contribution < -0.4 is 15.6 Å². The van der Waals surface area contributed by atoms with Crippen LogP contribution in [-0.4, -0.2) is 34.6 Å². The van der Waals surface area contributed by atoms with Gasteiger partial charge in [-0.05, 0) is 51.1 Å². The normalized spacial score (nSPS) is 11.7. The molecule has 0 aliphatic heterocycles. The molecule has 0 fully saturated rings. The Morgan fingerprint density at radius 1 is 1.20 bits per heavy atom. The summed E-state index contributed by atoms with van der Waals surface area (Å²) in [6, 6.07) is 11.7. The number of hydrogen-bond donors (Lipinski definition) is 1. The van der Waals surface area contributed by atoms with Crippen molar-refractivity contribution in [1.29, 1.82) is 0 Å². The number of fused-ring (bicyclic) bond motifs is 1. The van der Waals surface area contributed by atoms with Gasteiger partial charge in [0.05, 0.1) is 29.4 Å². The van der Waals surface area contributed by atoms with E-state index in [1.165, 1.54) is 14.0 Å². The summed E-state index contributed by atoms with van der Waals surface area (Å²) in [6.07, 6.45) is -1.03. The number of esters is 1. The van der Waals surface area contributed by atoms with Gasteiger partial charge in [0.15, 0.2) is 6.10 Å². The lowest BCUT2D eigenvalue weighted by Gasteiger charge is -2.15. The van der Waals surface area contributed by atoms with Crippen molar-refractivity contribution in [2.75, 3.05) is 12.4 Å². The van der Waals surface area contributed by atoms with Crippen LogP contribution in [0, 0.1) is 6.92 Å². The second kappa shape index (κ2) is 8.77. The zero-order valence-electron chi connectivity index (χ0n) is 17.3. The minimum atomic E-state index is -1.03. The average molecular weight is 409 g/mol. The smallest absolute Gasteiger partial charge is 0.338 e. The number of methoxy groups -OCH3 is 1. The Bertz CT molecular complexity index is 1170. The Labute approximate surface area is 173 Å². The molecule has 1 amide bonds. The predicted molar refractivity (Wildman–Crippen MR) is 113 cm³/mol. The molecule has 0 unspecified atom stereocenters. The number of hydrogen-bond acceptors (Lipinski definition) is 6. The van der Waals surface area contributed by atoms with Crippen LogP contribution in [0.25, 0.3) is 11.0 Å². The SMILES string of the molecule is CCn1c(=O)c(C)nc2cc(C(=O)O[C@H](C)C(=O)Nc3ccccc3OC)ccc21. The predicted octanol–water partition coefficient (Wildman–Crippen LogP) is 2.92. The molecule has 0 aliphatic carbocycles. The first-order chi connectivity index (χ1) is 14.3. The van der Waals surface area contributed by atoms with Crippen LogP contribution in [0.5, 0.6) is 5.75 Å². The van der Waals surface area contributed by atoms with E-state index in [-0.39, 0.29) is 11.1 Å². The first-order valence-corrected chi connectivity index (χ1v) is 9.51. The summed E-state index contributed by atoms with van der Waals surface area (Å²) in [7, 11) is 1.50. The summed E-state index contributed by atoms with van der Waals surface area (Å²) in [5, 5.41) is 2.68. The Morgan fingerprint density at radius 3 is 2.63 bits per heavy atom. The van der Waals surface area contributed by atoms with Gasteiger partial charge >= 0.3 is 5.97 Å². The molecule has 8 nitrogen and oxygen atoms in total. The second-order valence-corrected chi connectivity index (χ2v) is 6.69. The van der Waals surface area contributed by atoms with Gasteiger partial charge in [-0.2, -0.15) is 0 Å². The molecule has 1 heterocycles. The van der Waals surface area contributed by atoms with E-state index in [0.29, 0.717) is 34.7 Å². The van der Waals surface area contributed by atoms with E-state index >= 15 is 0 Å². The van der Waals surface area contributed by atoms with Crippen molar-refractivity contribution >= 4 is 28.6 Å². The van der Waals surface area contributed by atoms with Crippen molar-refractivity contribution in [2.45, 2.75) is 33.4 Å². The Balaban J connectivity index is 1.78. The van der Waals surface area contributed by atoms with Gasteiger partial charge in [-0.1, -0.05) is 12.1 Å². The maximum atomic E-state index is 12.6. The van der Waals surface area contributed by atoms with Crippen LogP contribution in [0.3, 0.4) is 0 Å². The van der Waals surface area contributed by atoms with Crippen LogP contribution in [0.1, 0.15) is 29.9 Å². The highest BCUT2D eigenvalue weighted by Crippen LogP contribution is 2.23. The first kappa shape index (κ1) is 21.0. The molecular formula is C22H23N3O5. The van der Waals surface area contributed by atoms with E-state index in [4.69, 9.17) is 9.47 Å². The number of para-hydroxylation sites is 2. The topological polar surface area (TPSA) is 99.5 Å². The third-order valence-corrected chi connectivity index (χ3v) is 4.68. The standard InChI is InChI=1S/C22H23N3O5/c1-5-25-18-11-10-15(12-17(18)23-13(2)21(25)27)22(28)30-14(3)20(26)24-16-8-6-7-9-19(16)29-4/h6-12,14H,5H2,1-4H3,(H,24,26)/t14-/m1/s1. The number of anilines is 1. The van der Waals surface area contributed by atoms with Crippen molar-refractivity contribution in [3.05, 3.63) is 64.1 Å². The maximum Gasteiger partial charge on any atom is 0.338 e. The zero-order chi connectivity index (χ0) is 21.8. The van der Waals surface area contributed by atoms with Crippen LogP contribution in [0.2, 0.25) is 0 Å². The Kier molecular flexibility index (Phi) is 6.15. The van der Waals surface area contributed by atoms with Crippen molar-refractivity contribution in [3.63, 3.8) is 0 Å². The monoisotopic (exact) mass is 409 g/mol. The quantitative estimate of drug-likeness (QED) is 0.629. The summed E-state index contributed by atoms with van der Waals surface area (Å²) in [5.74, 6) is -0.641. The number of ether oxygens (including phenoxy) is 2. The number of aromatic nitrogens is 2. The second-order valence-electron chi connectivity index (χ2n) is 6.69. The molecular weight excluding hydrogens is 386 g/mol. The molecule has 2 aromatic carbocycles. The number of nitrogens with one attached hydrogen (secondary N) is 1. The minimum Gasteiger partial charge on any atom is -0.495 e. The summed E-state index contributed by atoms with van der Waals surface area (Å²) >= 11 is 0. The van der Waals surface area contributed by atoms with Gasteiger partial charge in [0.2, 0.25) is 0 Å². The largest absolute Gasteiger partial charge is 0.495 e. The molecule has 3 rings (SSSR count). The van der Waals surface area contributed by atoms with E-state index < -0.39 is 18.0 Å². The fourth-order valence-electron chi connectivity index (χ4n) is 3.08. The van der Waals surface area contributed by atoms with Gasteiger partial charge in [-0.3, -0.25) is 9.59 Å². The summed E-state index contributed by atoms with van der Waals surface area (Å²) < 4.78 is 12.1. The number of carbonyl (C=O) groups is 2. The molecule has 1 atom stereocenters. The molecule has 0 spiro atoms. The zero-order valence-corrected chi connectivity index (χ0v) is 17.3. The summed E-state index contributed by atoms with van der Waals surface area (Å²) in [5.41, 5.74) is 2.05. The molecule has 1 N–H and O–H groups in total. The van der Waals surface area contributed by atoms with Crippen LogP contribution in [-0.2, 0) is 16.1 Å². The number of rotatable bonds is 6. The molecule has 8 heteroatoms. The van der Waals surface area contributed by atoms with Crippen LogP contribution in [0.15, 0.2) is 47.3 Å². The van der Waals surface area contributed by atoms with Crippen LogP contribution in [0.4, 0.5) is 5.69 Å². The van der Waals surface area contributed by atoms with E-state index in [9.17, 15) is 14.4 Å². The van der Waals surface area contributed by atoms with E-state index in [2.05, 4.69) is 10.3 Å². The van der Waals surface area contributed by atoms with E-state index in [1.807, 2.05) is 6.92 Å². The van der Waals surface area contributed by atoms with Gasteiger partial charge in [-0.25, -0.2) is 9.78 Å². The molecule has 30 heavy (non-hydrogen) atoms. The molecule has 0 saturated heterocycles. The Morgan fingerprint density at radius 2 is 1.93 bits per heavy atom. The summed E-state index contributed by atoms with van der Waals surface area (Å²) in [6.45, 7) is 5.47. The van der Waals surface area contributed by atoms with E-state index in [1.54, 1.807) is 54.0 Å². The molecule has 0 bridgehead atoms. The van der Waals surface area contributed by atoms with Gasteiger partial charge in [-0.15, -0.1) is 0 Å². The average Bonchev–Trinajstić information content (AvgIpc) is 2.74. The van der Waals surface area contributed by atoms with Crippen molar-refractivity contribution in [3.8, 4) is 5.75 Å². The fourth-order valence-corrected chi connectivity index (χ4v) is 3.08. The van der Waals surface area contributed by atoms with Gasteiger partial charge < -0.3 is 19.4 Å². The number of aryl methyl sites for hydroxylation is 2. The number of carbonyl (C=O) groups excluding carboxylic acids is 2. The highest BCUT2D eigenvalue weighted by molar-refractivity contribution is 5.99. The van der Waals surface area contributed by atoms with Gasteiger partial charge in [0.25, 0.3) is 11.5 Å². The van der Waals surface area contributed by atoms with Gasteiger partial charge in [0, 0.05) is 6.54 Å². The highest BCUT2D eigenvalue weighted by atomic mass is 16.5. The highest BCUT2D eigenvalue weighted by Gasteiger charge is 2.21. The minimum absolute atomic E-state index is 0.165. The maximum absolute atomic E-state index is 12.6. The van der Waals surface area contributed by atoms with Crippen LogP contribution >= 0.6 is 0 Å².